The summed E-state index contributed by atoms with van der Waals surface area (Å²) in [6, 6.07) is 0.0600. The Kier molecular flexibility index (Phi) is 5.32. The summed E-state index contributed by atoms with van der Waals surface area (Å²) < 4.78 is 5.38. The number of piperidine rings is 1. The molecule has 1 heterocycles. The Labute approximate surface area is 110 Å². The van der Waals surface area contributed by atoms with E-state index in [0.717, 1.165) is 25.8 Å². The fourth-order valence-electron chi connectivity index (χ4n) is 2.50. The smallest absolute Gasteiger partial charge is 0.254 e. The largest absolute Gasteiger partial charge is 0.369 e. The molecule has 0 saturated carbocycles. The van der Waals surface area contributed by atoms with E-state index in [4.69, 9.17) is 4.74 Å². The van der Waals surface area contributed by atoms with Gasteiger partial charge in [0.1, 0.15) is 11.4 Å². The monoisotopic (exact) mass is 255 g/mol. The molecule has 0 bridgehead atoms. The van der Waals surface area contributed by atoms with Crippen molar-refractivity contribution in [2.24, 2.45) is 0 Å². The van der Waals surface area contributed by atoms with Gasteiger partial charge in [0, 0.05) is 26.1 Å². The second-order valence-corrected chi connectivity index (χ2v) is 5.34. The van der Waals surface area contributed by atoms with Gasteiger partial charge in [0.25, 0.3) is 5.91 Å². The Balaban J connectivity index is 2.82. The minimum Gasteiger partial charge on any atom is -0.369 e. The van der Waals surface area contributed by atoms with E-state index < -0.39 is 5.60 Å². The fraction of sp³-hybridized carbons (Fsp3) is 0.857. The molecule has 0 aromatic heterocycles. The van der Waals surface area contributed by atoms with Crippen LogP contribution in [-0.2, 0) is 14.3 Å². The normalized spacial score (nSPS) is 23.6. The van der Waals surface area contributed by atoms with Crippen molar-refractivity contribution in [2.45, 2.75) is 64.5 Å². The summed E-state index contributed by atoms with van der Waals surface area (Å²) >= 11 is 0. The van der Waals surface area contributed by atoms with Gasteiger partial charge in [-0.3, -0.25) is 9.59 Å². The number of ether oxygens (including phenoxy) is 1. The zero-order valence-corrected chi connectivity index (χ0v) is 12.0. The molecule has 2 atom stereocenters. The molecule has 1 saturated heterocycles. The van der Waals surface area contributed by atoms with Crippen LogP contribution in [0.4, 0.5) is 0 Å². The molecule has 104 valence electrons. The Morgan fingerprint density at radius 3 is 2.56 bits per heavy atom. The van der Waals surface area contributed by atoms with Crippen LogP contribution in [-0.4, -0.2) is 41.9 Å². The van der Waals surface area contributed by atoms with Crippen LogP contribution in [0.5, 0.6) is 0 Å². The number of amides is 1. The van der Waals surface area contributed by atoms with Gasteiger partial charge in [0.05, 0.1) is 0 Å². The fourth-order valence-corrected chi connectivity index (χ4v) is 2.50. The van der Waals surface area contributed by atoms with E-state index in [-0.39, 0.29) is 17.7 Å². The number of methoxy groups -OCH3 is 1. The van der Waals surface area contributed by atoms with Crippen molar-refractivity contribution in [3.8, 4) is 0 Å². The lowest BCUT2D eigenvalue weighted by Crippen LogP contribution is -2.54. The highest BCUT2D eigenvalue weighted by Gasteiger charge is 2.39. The van der Waals surface area contributed by atoms with Crippen LogP contribution < -0.4 is 0 Å². The lowest BCUT2D eigenvalue weighted by molar-refractivity contribution is -0.157. The molecule has 1 aliphatic heterocycles. The molecule has 0 radical (unpaired) electrons. The van der Waals surface area contributed by atoms with E-state index in [1.807, 2.05) is 18.7 Å². The predicted molar refractivity (Wildman–Crippen MR) is 70.4 cm³/mol. The van der Waals surface area contributed by atoms with E-state index in [9.17, 15) is 9.59 Å². The maximum Gasteiger partial charge on any atom is 0.254 e. The third-order valence-corrected chi connectivity index (χ3v) is 3.99. The van der Waals surface area contributed by atoms with E-state index in [1.54, 1.807) is 14.0 Å². The summed E-state index contributed by atoms with van der Waals surface area (Å²) in [5.74, 6) is 0.175. The lowest BCUT2D eigenvalue weighted by atomic mass is 9.93. The number of rotatable bonds is 5. The molecule has 1 amide bonds. The maximum absolute atomic E-state index is 12.6. The third-order valence-electron chi connectivity index (χ3n) is 3.99. The number of hydrogen-bond donors (Lipinski definition) is 0. The first-order valence-corrected chi connectivity index (χ1v) is 6.80. The second-order valence-electron chi connectivity index (χ2n) is 5.34. The first-order valence-electron chi connectivity index (χ1n) is 6.80. The van der Waals surface area contributed by atoms with Gasteiger partial charge in [-0.15, -0.1) is 0 Å². The van der Waals surface area contributed by atoms with Gasteiger partial charge in [-0.25, -0.2) is 0 Å². The van der Waals surface area contributed by atoms with Crippen LogP contribution >= 0.6 is 0 Å². The summed E-state index contributed by atoms with van der Waals surface area (Å²) in [5.41, 5.74) is -0.758. The Bertz CT molecular complexity index is 310. The van der Waals surface area contributed by atoms with Gasteiger partial charge in [-0.05, 0) is 39.5 Å². The standard InChI is InChI=1S/C14H25NO3/c1-5-14(3,18-4)13(17)15-9-7-6-8-12(15)10-11(2)16/h12H,5-10H2,1-4H3. The van der Waals surface area contributed by atoms with Crippen LogP contribution in [0.2, 0.25) is 0 Å². The Hall–Kier alpha value is -0.900. The number of Topliss-reactive ketones (excluding diaryl/α,β-unsaturated/α-hetero) is 1. The maximum atomic E-state index is 12.6. The molecule has 2 unspecified atom stereocenters. The van der Waals surface area contributed by atoms with Crippen molar-refractivity contribution in [2.75, 3.05) is 13.7 Å². The summed E-state index contributed by atoms with van der Waals surface area (Å²) in [5, 5.41) is 0. The van der Waals surface area contributed by atoms with Gasteiger partial charge >= 0.3 is 0 Å². The predicted octanol–water partition coefficient (Wildman–Crippen LogP) is 2.16. The zero-order chi connectivity index (χ0) is 13.8. The molecule has 0 spiro atoms. The average Bonchev–Trinajstić information content (AvgIpc) is 2.37. The van der Waals surface area contributed by atoms with Crippen molar-refractivity contribution in [1.29, 1.82) is 0 Å². The summed E-state index contributed by atoms with van der Waals surface area (Å²) in [4.78, 5) is 25.7. The second kappa shape index (κ2) is 6.32. The summed E-state index contributed by atoms with van der Waals surface area (Å²) in [6.07, 6.45) is 4.15. The van der Waals surface area contributed by atoms with E-state index >= 15 is 0 Å². The molecule has 4 heteroatoms. The topological polar surface area (TPSA) is 46.6 Å². The molecule has 4 nitrogen and oxygen atoms in total. The molecule has 1 aliphatic rings. The van der Waals surface area contributed by atoms with E-state index in [0.29, 0.717) is 12.8 Å². The van der Waals surface area contributed by atoms with Crippen LogP contribution in [0, 0.1) is 0 Å². The van der Waals surface area contributed by atoms with Crippen molar-refractivity contribution in [1.82, 2.24) is 4.90 Å². The summed E-state index contributed by atoms with van der Waals surface area (Å²) in [6.45, 7) is 6.11. The SMILES string of the molecule is CCC(C)(OC)C(=O)N1CCCCC1CC(C)=O. The minimum atomic E-state index is -0.758. The third kappa shape index (κ3) is 3.31. The van der Waals surface area contributed by atoms with Gasteiger partial charge in [0.2, 0.25) is 0 Å². The first kappa shape index (κ1) is 15.2. The molecule has 1 fully saturated rings. The number of carbonyl (C=O) groups is 2. The number of nitrogens with zero attached hydrogens (tertiary/aromatic N) is 1. The number of likely N-dealkylation sites (tertiary alicyclic amines) is 1. The average molecular weight is 255 g/mol. The van der Waals surface area contributed by atoms with Crippen molar-refractivity contribution in [3.63, 3.8) is 0 Å². The molecule has 0 N–H and O–H groups in total. The Morgan fingerprint density at radius 1 is 1.39 bits per heavy atom. The van der Waals surface area contributed by atoms with Crippen molar-refractivity contribution >= 4 is 11.7 Å². The summed E-state index contributed by atoms with van der Waals surface area (Å²) in [7, 11) is 1.57. The van der Waals surface area contributed by atoms with Gasteiger partial charge < -0.3 is 9.64 Å². The van der Waals surface area contributed by atoms with Crippen molar-refractivity contribution in [3.05, 3.63) is 0 Å². The van der Waals surface area contributed by atoms with Crippen LogP contribution in [0.15, 0.2) is 0 Å². The Morgan fingerprint density at radius 2 is 2.06 bits per heavy atom. The molecule has 18 heavy (non-hydrogen) atoms. The van der Waals surface area contributed by atoms with Gasteiger partial charge in [0.15, 0.2) is 0 Å². The first-order chi connectivity index (χ1) is 8.44. The van der Waals surface area contributed by atoms with Crippen LogP contribution in [0.25, 0.3) is 0 Å². The van der Waals surface area contributed by atoms with Crippen LogP contribution in [0.3, 0.4) is 0 Å². The molecule has 0 aliphatic carbocycles. The highest BCUT2D eigenvalue weighted by molar-refractivity contribution is 5.86. The molecular formula is C14H25NO3. The lowest BCUT2D eigenvalue weighted by Gasteiger charge is -2.40. The van der Waals surface area contributed by atoms with Crippen LogP contribution in [0.1, 0.15) is 52.9 Å². The molecule has 0 aromatic rings. The number of hydrogen-bond acceptors (Lipinski definition) is 3. The zero-order valence-electron chi connectivity index (χ0n) is 12.0. The quantitative estimate of drug-likeness (QED) is 0.756. The molecular weight excluding hydrogens is 230 g/mol. The van der Waals surface area contributed by atoms with E-state index in [2.05, 4.69) is 0 Å². The number of ketones is 1. The molecule has 1 rings (SSSR count). The van der Waals surface area contributed by atoms with E-state index in [1.165, 1.54) is 0 Å². The van der Waals surface area contributed by atoms with Gasteiger partial charge in [-0.2, -0.15) is 0 Å². The minimum absolute atomic E-state index is 0.0263. The highest BCUT2D eigenvalue weighted by atomic mass is 16.5. The number of carbonyl (C=O) groups excluding carboxylic acids is 2. The van der Waals surface area contributed by atoms with Crippen molar-refractivity contribution < 1.29 is 14.3 Å². The highest BCUT2D eigenvalue weighted by Crippen LogP contribution is 2.26. The molecule has 0 aromatic carbocycles. The van der Waals surface area contributed by atoms with Gasteiger partial charge in [-0.1, -0.05) is 6.92 Å².